The van der Waals surface area contributed by atoms with Crippen molar-refractivity contribution in [3.8, 4) is 11.5 Å². The van der Waals surface area contributed by atoms with Gasteiger partial charge in [0.2, 0.25) is 5.91 Å². The van der Waals surface area contributed by atoms with Gasteiger partial charge in [0.1, 0.15) is 0 Å². The van der Waals surface area contributed by atoms with E-state index in [0.717, 1.165) is 37.4 Å². The van der Waals surface area contributed by atoms with Gasteiger partial charge in [-0.05, 0) is 36.1 Å². The van der Waals surface area contributed by atoms with Gasteiger partial charge >= 0.3 is 0 Å². The zero-order valence-electron chi connectivity index (χ0n) is 16.0. The van der Waals surface area contributed by atoms with E-state index in [9.17, 15) is 9.18 Å². The fourth-order valence-electron chi connectivity index (χ4n) is 4.93. The maximum absolute atomic E-state index is 13.0. The Labute approximate surface area is 159 Å². The molecule has 6 nitrogen and oxygen atoms in total. The molecule has 3 heterocycles. The summed E-state index contributed by atoms with van der Waals surface area (Å²) >= 11 is 0. The minimum atomic E-state index is -0.439. The van der Waals surface area contributed by atoms with Crippen LogP contribution in [-0.2, 0) is 11.2 Å². The molecule has 4 rings (SSSR count). The lowest BCUT2D eigenvalue weighted by Crippen LogP contribution is -2.60. The normalized spacial score (nSPS) is 30.8. The number of ether oxygens (including phenoxy) is 2. The number of likely N-dealkylation sites (tertiary alicyclic amines) is 1. The van der Waals surface area contributed by atoms with Crippen molar-refractivity contribution in [2.45, 2.75) is 37.4 Å². The van der Waals surface area contributed by atoms with Crippen molar-refractivity contribution in [1.82, 2.24) is 9.80 Å². The second-order valence-electron chi connectivity index (χ2n) is 7.90. The van der Waals surface area contributed by atoms with Crippen molar-refractivity contribution in [1.29, 1.82) is 0 Å². The molecule has 1 aromatic carbocycles. The zero-order valence-corrected chi connectivity index (χ0v) is 16.0. The maximum atomic E-state index is 13.0. The molecule has 1 aromatic rings. The van der Waals surface area contributed by atoms with Crippen molar-refractivity contribution in [2.24, 2.45) is 11.7 Å². The third kappa shape index (κ3) is 3.17. The van der Waals surface area contributed by atoms with Gasteiger partial charge in [-0.3, -0.25) is 14.1 Å². The molecule has 0 saturated carbocycles. The van der Waals surface area contributed by atoms with Crippen LogP contribution < -0.4 is 15.2 Å². The summed E-state index contributed by atoms with van der Waals surface area (Å²) in [4.78, 5) is 16.6. The Kier molecular flexibility index (Phi) is 4.99. The third-order valence-electron chi connectivity index (χ3n) is 6.38. The summed E-state index contributed by atoms with van der Waals surface area (Å²) < 4.78 is 24.0. The van der Waals surface area contributed by atoms with Crippen molar-refractivity contribution in [3.63, 3.8) is 0 Å². The van der Waals surface area contributed by atoms with Gasteiger partial charge in [-0.15, -0.1) is 0 Å². The summed E-state index contributed by atoms with van der Waals surface area (Å²) in [5.74, 6) is 1.35. The van der Waals surface area contributed by atoms with Gasteiger partial charge in [-0.1, -0.05) is 0 Å². The Balaban J connectivity index is 1.57. The molecule has 3 unspecified atom stereocenters. The number of hydrogen-bond acceptors (Lipinski definition) is 5. The molecule has 148 valence electrons. The zero-order chi connectivity index (χ0) is 19.1. The molecule has 3 aliphatic rings. The lowest BCUT2D eigenvalue weighted by Gasteiger charge is -2.48. The molecule has 0 radical (unpaired) electrons. The van der Waals surface area contributed by atoms with Gasteiger partial charge in [0.25, 0.3) is 0 Å². The minimum absolute atomic E-state index is 0.0352. The number of amides is 1. The topological polar surface area (TPSA) is 68.0 Å². The Hall–Kier alpha value is -1.86. The SMILES string of the molecule is COc1cc2c(cc1OC)C1CC(N)C(N3C[C@@H](CF)CC3=O)CN1CC2. The predicted octanol–water partition coefficient (Wildman–Crippen LogP) is 1.52. The van der Waals surface area contributed by atoms with Gasteiger partial charge < -0.3 is 20.1 Å². The second-order valence-corrected chi connectivity index (χ2v) is 7.90. The van der Waals surface area contributed by atoms with E-state index in [1.807, 2.05) is 4.90 Å². The van der Waals surface area contributed by atoms with Crippen molar-refractivity contribution in [3.05, 3.63) is 23.3 Å². The van der Waals surface area contributed by atoms with Crippen molar-refractivity contribution >= 4 is 5.91 Å². The number of fused-ring (bicyclic) bond motifs is 3. The molecule has 0 aromatic heterocycles. The van der Waals surface area contributed by atoms with Crippen LogP contribution in [0, 0.1) is 5.92 Å². The molecule has 7 heteroatoms. The number of carbonyl (C=O) groups is 1. The van der Waals surface area contributed by atoms with Crippen LogP contribution >= 0.6 is 0 Å². The van der Waals surface area contributed by atoms with E-state index in [0.29, 0.717) is 13.0 Å². The lowest BCUT2D eigenvalue weighted by molar-refractivity contribution is -0.131. The number of piperidine rings is 1. The molecular weight excluding hydrogens is 349 g/mol. The molecule has 4 atom stereocenters. The highest BCUT2D eigenvalue weighted by Crippen LogP contribution is 2.42. The summed E-state index contributed by atoms with van der Waals surface area (Å²) in [6, 6.07) is 4.20. The third-order valence-corrected chi connectivity index (χ3v) is 6.38. The standard InChI is InChI=1S/C20H28FN3O3/c1-26-18-6-13-3-4-23-11-17(24-10-12(9-21)5-20(24)25)15(22)8-16(23)14(13)7-19(18)27-2/h6-7,12,15-17H,3-5,8-11,22H2,1-2H3/t12-,15?,16?,17?/m1/s1. The van der Waals surface area contributed by atoms with Gasteiger partial charge in [-0.2, -0.15) is 0 Å². The second kappa shape index (κ2) is 7.28. The average molecular weight is 377 g/mol. The number of nitrogens with zero attached hydrogens (tertiary/aromatic N) is 2. The quantitative estimate of drug-likeness (QED) is 0.862. The smallest absolute Gasteiger partial charge is 0.223 e. The molecule has 1 amide bonds. The number of alkyl halides is 1. The van der Waals surface area contributed by atoms with Crippen LogP contribution in [0.4, 0.5) is 4.39 Å². The molecule has 0 spiro atoms. The summed E-state index contributed by atoms with van der Waals surface area (Å²) in [6.07, 6.45) is 2.01. The Morgan fingerprint density at radius 1 is 1.22 bits per heavy atom. The highest BCUT2D eigenvalue weighted by molar-refractivity contribution is 5.79. The molecule has 27 heavy (non-hydrogen) atoms. The first kappa shape index (κ1) is 18.5. The van der Waals surface area contributed by atoms with E-state index < -0.39 is 6.67 Å². The summed E-state index contributed by atoms with van der Waals surface area (Å²) in [5.41, 5.74) is 9.04. The molecule has 3 aliphatic heterocycles. The van der Waals surface area contributed by atoms with E-state index in [1.165, 1.54) is 11.1 Å². The number of halogens is 1. The largest absolute Gasteiger partial charge is 0.493 e. The Bertz CT molecular complexity index is 729. The highest BCUT2D eigenvalue weighted by Gasteiger charge is 2.44. The van der Waals surface area contributed by atoms with Gasteiger partial charge in [0.05, 0.1) is 26.9 Å². The number of benzene rings is 1. The molecule has 2 N–H and O–H groups in total. The lowest BCUT2D eigenvalue weighted by atomic mass is 9.83. The Morgan fingerprint density at radius 3 is 2.63 bits per heavy atom. The maximum Gasteiger partial charge on any atom is 0.223 e. The predicted molar refractivity (Wildman–Crippen MR) is 99.7 cm³/mol. The van der Waals surface area contributed by atoms with Crippen LogP contribution in [0.1, 0.15) is 30.0 Å². The van der Waals surface area contributed by atoms with E-state index in [1.54, 1.807) is 14.2 Å². The van der Waals surface area contributed by atoms with Crippen LogP contribution in [0.2, 0.25) is 0 Å². The molecule has 0 bridgehead atoms. The first-order chi connectivity index (χ1) is 13.0. The van der Waals surface area contributed by atoms with Gasteiger partial charge in [0.15, 0.2) is 11.5 Å². The Morgan fingerprint density at radius 2 is 1.96 bits per heavy atom. The summed E-state index contributed by atoms with van der Waals surface area (Å²) in [5, 5.41) is 0. The van der Waals surface area contributed by atoms with E-state index >= 15 is 0 Å². The van der Waals surface area contributed by atoms with Crippen LogP contribution in [0.3, 0.4) is 0 Å². The summed E-state index contributed by atoms with van der Waals surface area (Å²) in [6.45, 7) is 1.72. The fourth-order valence-corrected chi connectivity index (χ4v) is 4.93. The molecule has 2 saturated heterocycles. The highest BCUT2D eigenvalue weighted by atomic mass is 19.1. The van der Waals surface area contributed by atoms with Gasteiger partial charge in [-0.25, -0.2) is 0 Å². The van der Waals surface area contributed by atoms with Crippen LogP contribution in [0.5, 0.6) is 11.5 Å². The van der Waals surface area contributed by atoms with Gasteiger partial charge in [0, 0.05) is 44.1 Å². The first-order valence-electron chi connectivity index (χ1n) is 9.65. The number of carbonyl (C=O) groups excluding carboxylic acids is 1. The number of rotatable bonds is 4. The number of hydrogen-bond donors (Lipinski definition) is 1. The van der Waals surface area contributed by atoms with E-state index in [-0.39, 0.29) is 30.0 Å². The minimum Gasteiger partial charge on any atom is -0.493 e. The van der Waals surface area contributed by atoms with E-state index in [4.69, 9.17) is 15.2 Å². The fraction of sp³-hybridized carbons (Fsp3) is 0.650. The van der Waals surface area contributed by atoms with Crippen LogP contribution in [0.15, 0.2) is 12.1 Å². The molecule has 0 aliphatic carbocycles. The van der Waals surface area contributed by atoms with Crippen molar-refractivity contribution in [2.75, 3.05) is 40.5 Å². The van der Waals surface area contributed by atoms with Crippen molar-refractivity contribution < 1.29 is 18.7 Å². The molecule has 2 fully saturated rings. The van der Waals surface area contributed by atoms with Crippen LogP contribution in [0.25, 0.3) is 0 Å². The average Bonchev–Trinajstić information content (AvgIpc) is 3.06. The van der Waals surface area contributed by atoms with Crippen LogP contribution in [-0.4, -0.2) is 68.3 Å². The first-order valence-corrected chi connectivity index (χ1v) is 9.65. The van der Waals surface area contributed by atoms with E-state index in [2.05, 4.69) is 17.0 Å². The number of nitrogens with two attached hydrogens (primary N) is 1. The number of methoxy groups -OCH3 is 2. The molecular formula is C20H28FN3O3. The monoisotopic (exact) mass is 377 g/mol. The summed E-state index contributed by atoms with van der Waals surface area (Å²) in [7, 11) is 3.30.